The number of nitrogens with one attached hydrogen (secondary N) is 2. The van der Waals surface area contributed by atoms with Crippen LogP contribution in [0.25, 0.3) is 0 Å². The fraction of sp³-hybridized carbons (Fsp3) is 0.652. The fourth-order valence-corrected chi connectivity index (χ4v) is 8.96. The molecule has 4 bridgehead atoms. The topological polar surface area (TPSA) is 118 Å². The second-order valence-corrected chi connectivity index (χ2v) is 12.5. The lowest BCUT2D eigenvalue weighted by Gasteiger charge is -2.66. The van der Waals surface area contributed by atoms with Gasteiger partial charge in [0.25, 0.3) is 0 Å². The molecular weight excluding hydrogens is 450 g/mol. The lowest BCUT2D eigenvalue weighted by Crippen LogP contribution is -2.72. The number of rotatable bonds is 8. The maximum Gasteiger partial charge on any atom is 0.240 e. The lowest BCUT2D eigenvalue weighted by atomic mass is 9.40. The summed E-state index contributed by atoms with van der Waals surface area (Å²) in [5, 5.41) is 3.30. The van der Waals surface area contributed by atoms with Crippen LogP contribution in [0.5, 0.6) is 0 Å². The van der Waals surface area contributed by atoms with Crippen LogP contribution in [0.4, 0.5) is 0 Å². The van der Waals surface area contributed by atoms with Crippen molar-refractivity contribution in [2.24, 2.45) is 34.8 Å². The van der Waals surface area contributed by atoms with E-state index in [4.69, 9.17) is 17.3 Å². The average Bonchev–Trinajstić information content (AvgIpc) is 3.55. The molecule has 0 spiro atoms. The summed E-state index contributed by atoms with van der Waals surface area (Å²) in [5.74, 6) is 0.838. The van der Waals surface area contributed by atoms with E-state index >= 15 is 0 Å². The van der Waals surface area contributed by atoms with E-state index in [0.717, 1.165) is 32.1 Å². The number of hydrogen-bond acceptors (Lipinski definition) is 4. The van der Waals surface area contributed by atoms with Gasteiger partial charge in [0.15, 0.2) is 0 Å². The summed E-state index contributed by atoms with van der Waals surface area (Å²) in [5.41, 5.74) is 5.12. The highest BCUT2D eigenvalue weighted by Gasteiger charge is 2.69. The predicted octanol–water partition coefficient (Wildman–Crippen LogP) is 2.59. The molecule has 1 aromatic carbocycles. The third-order valence-corrected chi connectivity index (χ3v) is 10.7. The zero-order valence-corrected chi connectivity index (χ0v) is 19.8. The van der Waals surface area contributed by atoms with Crippen LogP contribution in [0.15, 0.2) is 17.0 Å². The molecule has 3 unspecified atom stereocenters. The molecule has 174 valence electrons. The van der Waals surface area contributed by atoms with Gasteiger partial charge < -0.3 is 11.1 Å². The number of sulfonamides is 1. The molecule has 6 rings (SSSR count). The first-order chi connectivity index (χ1) is 15.1. The van der Waals surface area contributed by atoms with Gasteiger partial charge in [0.1, 0.15) is 0 Å². The molecule has 5 saturated carbocycles. The van der Waals surface area contributed by atoms with Crippen molar-refractivity contribution in [3.05, 3.63) is 28.3 Å². The van der Waals surface area contributed by atoms with Crippen LogP contribution >= 0.6 is 11.6 Å². The second-order valence-electron chi connectivity index (χ2n) is 10.4. The Bertz CT molecular complexity index is 1070. The van der Waals surface area contributed by atoms with E-state index in [1.807, 2.05) is 0 Å². The van der Waals surface area contributed by atoms with Gasteiger partial charge in [0.2, 0.25) is 22.3 Å². The number of carbonyl (C=O) groups is 2. The monoisotopic (exact) mass is 479 g/mol. The van der Waals surface area contributed by atoms with Gasteiger partial charge in [-0.15, -0.1) is 0 Å². The van der Waals surface area contributed by atoms with Crippen molar-refractivity contribution >= 4 is 33.9 Å². The standard InChI is InChI=1S/C23H30ClN3O4S/c1-13-19(32(30,31)27-11-14-2-3-14)5-4-18(20(13)24)23(26-12-28)17-7-15-6-16(8-17)10-22(23,9-15)21(25)29/h4-5,12,14-17,27H,2-3,6-11H2,1H3,(H2,25,29)(H,26,28). The van der Waals surface area contributed by atoms with E-state index in [-0.39, 0.29) is 15.8 Å². The molecule has 5 aliphatic rings. The van der Waals surface area contributed by atoms with Crippen molar-refractivity contribution in [2.75, 3.05) is 6.54 Å². The van der Waals surface area contributed by atoms with Gasteiger partial charge in [-0.2, -0.15) is 0 Å². The molecule has 3 atom stereocenters. The van der Waals surface area contributed by atoms with Gasteiger partial charge in [-0.1, -0.05) is 17.7 Å². The normalized spacial score (nSPS) is 35.6. The molecular formula is C23H30ClN3O4S. The van der Waals surface area contributed by atoms with E-state index < -0.39 is 26.9 Å². The molecule has 9 heteroatoms. The Morgan fingerprint density at radius 2 is 1.88 bits per heavy atom. The van der Waals surface area contributed by atoms with E-state index in [1.54, 1.807) is 19.1 Å². The number of carbonyl (C=O) groups excluding carboxylic acids is 2. The Morgan fingerprint density at radius 3 is 2.44 bits per heavy atom. The molecule has 5 fully saturated rings. The summed E-state index contributed by atoms with van der Waals surface area (Å²) in [6.45, 7) is 2.10. The van der Waals surface area contributed by atoms with Crippen LogP contribution in [0.1, 0.15) is 56.1 Å². The Hall–Kier alpha value is -1.64. The van der Waals surface area contributed by atoms with Crippen LogP contribution < -0.4 is 15.8 Å². The third kappa shape index (κ3) is 3.06. The van der Waals surface area contributed by atoms with Crippen molar-refractivity contribution in [3.8, 4) is 0 Å². The quantitative estimate of drug-likeness (QED) is 0.496. The van der Waals surface area contributed by atoms with Gasteiger partial charge in [-0.05, 0) is 92.7 Å². The maximum absolute atomic E-state index is 13.0. The first-order valence-corrected chi connectivity index (χ1v) is 13.3. The fourth-order valence-electron chi connectivity index (χ4n) is 7.22. The summed E-state index contributed by atoms with van der Waals surface area (Å²) < 4.78 is 28.5. The first kappa shape index (κ1) is 22.2. The Balaban J connectivity index is 1.63. The predicted molar refractivity (Wildman–Crippen MR) is 120 cm³/mol. The van der Waals surface area contributed by atoms with Crippen LogP contribution in [0.3, 0.4) is 0 Å². The number of primary amides is 1. The van der Waals surface area contributed by atoms with Crippen LogP contribution in [0.2, 0.25) is 5.02 Å². The number of hydrogen-bond donors (Lipinski definition) is 3. The molecule has 2 amide bonds. The molecule has 5 aliphatic carbocycles. The van der Waals surface area contributed by atoms with Crippen molar-refractivity contribution < 1.29 is 18.0 Å². The number of nitrogens with two attached hydrogens (primary N) is 1. The number of halogens is 1. The first-order valence-electron chi connectivity index (χ1n) is 11.4. The molecule has 0 aliphatic heterocycles. The number of benzene rings is 1. The smallest absolute Gasteiger partial charge is 0.240 e. The van der Waals surface area contributed by atoms with Crippen molar-refractivity contribution in [1.29, 1.82) is 0 Å². The SMILES string of the molecule is Cc1c(S(=O)(=O)NCC2CC2)ccc(C2(NC=O)C3CC4CC(C3)CC2(C(N)=O)C4)c1Cl. The average molecular weight is 480 g/mol. The number of amides is 2. The summed E-state index contributed by atoms with van der Waals surface area (Å²) in [6, 6.07) is 3.24. The third-order valence-electron chi connectivity index (χ3n) is 8.61. The summed E-state index contributed by atoms with van der Waals surface area (Å²) in [4.78, 5) is 25.0. The van der Waals surface area contributed by atoms with Crippen molar-refractivity contribution in [1.82, 2.24) is 10.0 Å². The summed E-state index contributed by atoms with van der Waals surface area (Å²) in [7, 11) is -3.72. The van der Waals surface area contributed by atoms with E-state index in [0.29, 0.717) is 54.7 Å². The van der Waals surface area contributed by atoms with E-state index in [1.165, 1.54) is 0 Å². The molecule has 0 heterocycles. The summed E-state index contributed by atoms with van der Waals surface area (Å²) in [6.07, 6.45) is 6.84. The lowest BCUT2D eigenvalue weighted by molar-refractivity contribution is -0.171. The summed E-state index contributed by atoms with van der Waals surface area (Å²) >= 11 is 6.86. The zero-order chi connectivity index (χ0) is 22.9. The van der Waals surface area contributed by atoms with E-state index in [9.17, 15) is 18.0 Å². The zero-order valence-electron chi connectivity index (χ0n) is 18.2. The Morgan fingerprint density at radius 1 is 1.22 bits per heavy atom. The van der Waals surface area contributed by atoms with Gasteiger partial charge in [-0.3, -0.25) is 9.59 Å². The van der Waals surface area contributed by atoms with Crippen LogP contribution in [0, 0.1) is 36.0 Å². The van der Waals surface area contributed by atoms with Crippen LogP contribution in [-0.2, 0) is 25.2 Å². The minimum atomic E-state index is -3.72. The molecule has 0 aromatic heterocycles. The molecule has 0 radical (unpaired) electrons. The maximum atomic E-state index is 13.0. The molecule has 1 aromatic rings. The van der Waals surface area contributed by atoms with Gasteiger partial charge in [0.05, 0.1) is 20.9 Å². The van der Waals surface area contributed by atoms with Crippen LogP contribution in [-0.4, -0.2) is 27.3 Å². The van der Waals surface area contributed by atoms with Gasteiger partial charge in [-0.25, -0.2) is 13.1 Å². The highest BCUT2D eigenvalue weighted by molar-refractivity contribution is 7.89. The van der Waals surface area contributed by atoms with Crippen molar-refractivity contribution in [2.45, 2.75) is 62.3 Å². The minimum Gasteiger partial charge on any atom is -0.369 e. The highest BCUT2D eigenvalue weighted by Crippen LogP contribution is 2.68. The molecule has 0 saturated heterocycles. The molecule has 7 nitrogen and oxygen atoms in total. The Kier molecular flexibility index (Phi) is 5.15. The highest BCUT2D eigenvalue weighted by atomic mass is 35.5. The van der Waals surface area contributed by atoms with Gasteiger partial charge >= 0.3 is 0 Å². The largest absolute Gasteiger partial charge is 0.369 e. The minimum absolute atomic E-state index is 0.0267. The molecule has 4 N–H and O–H groups in total. The van der Waals surface area contributed by atoms with E-state index in [2.05, 4.69) is 10.0 Å². The molecule has 32 heavy (non-hydrogen) atoms. The second kappa shape index (κ2) is 7.43. The van der Waals surface area contributed by atoms with Crippen molar-refractivity contribution in [3.63, 3.8) is 0 Å². The van der Waals surface area contributed by atoms with Gasteiger partial charge in [0, 0.05) is 6.54 Å². The Labute approximate surface area is 193 Å².